The fourth-order valence-electron chi connectivity index (χ4n) is 1.42. The molecular weight excluding hydrogens is 242 g/mol. The highest BCUT2D eigenvalue weighted by atomic mass is 35.5. The van der Waals surface area contributed by atoms with Crippen molar-refractivity contribution in [1.82, 2.24) is 4.98 Å². The molecule has 82 valence electrons. The van der Waals surface area contributed by atoms with Crippen molar-refractivity contribution in [3.8, 4) is 10.6 Å². The Morgan fingerprint density at radius 3 is 2.56 bits per heavy atom. The minimum Gasteiger partial charge on any atom is -0.296 e. The van der Waals surface area contributed by atoms with Gasteiger partial charge in [-0.3, -0.25) is 4.79 Å². The largest absolute Gasteiger partial charge is 0.296 e. The van der Waals surface area contributed by atoms with Gasteiger partial charge in [-0.2, -0.15) is 0 Å². The lowest BCUT2D eigenvalue weighted by Crippen LogP contribution is -1.85. The van der Waals surface area contributed by atoms with E-state index in [4.69, 9.17) is 11.6 Å². The third kappa shape index (κ3) is 2.15. The summed E-state index contributed by atoms with van der Waals surface area (Å²) in [5.74, 6) is 0. The van der Waals surface area contributed by atoms with Gasteiger partial charge in [-0.1, -0.05) is 30.7 Å². The van der Waals surface area contributed by atoms with Crippen LogP contribution in [0, 0.1) is 0 Å². The molecule has 0 spiro atoms. The van der Waals surface area contributed by atoms with E-state index < -0.39 is 0 Å². The summed E-state index contributed by atoms with van der Waals surface area (Å²) in [7, 11) is 0. The molecule has 0 N–H and O–H groups in total. The molecule has 2 aromatic rings. The van der Waals surface area contributed by atoms with Gasteiger partial charge in [0.05, 0.1) is 0 Å². The maximum Gasteiger partial charge on any atom is 0.169 e. The van der Waals surface area contributed by atoms with Crippen molar-refractivity contribution in [3.63, 3.8) is 0 Å². The van der Waals surface area contributed by atoms with Crippen LogP contribution in [0.3, 0.4) is 0 Å². The molecule has 1 heterocycles. The second kappa shape index (κ2) is 4.76. The molecule has 0 amide bonds. The SMILES string of the molecule is CCc1sc(-c2ccc(Cl)cc2)nc1C=O. The summed E-state index contributed by atoms with van der Waals surface area (Å²) in [5, 5.41) is 1.57. The van der Waals surface area contributed by atoms with Crippen molar-refractivity contribution in [2.45, 2.75) is 13.3 Å². The highest BCUT2D eigenvalue weighted by Crippen LogP contribution is 2.28. The first-order valence-corrected chi connectivity index (χ1v) is 6.15. The Balaban J connectivity index is 2.44. The highest BCUT2D eigenvalue weighted by molar-refractivity contribution is 7.15. The van der Waals surface area contributed by atoms with Gasteiger partial charge in [0.15, 0.2) is 6.29 Å². The zero-order valence-corrected chi connectivity index (χ0v) is 10.3. The maximum atomic E-state index is 10.8. The van der Waals surface area contributed by atoms with E-state index >= 15 is 0 Å². The number of aryl methyl sites for hydroxylation is 1. The predicted octanol–water partition coefficient (Wildman–Crippen LogP) is 3.84. The van der Waals surface area contributed by atoms with Crippen molar-refractivity contribution in [2.24, 2.45) is 0 Å². The van der Waals surface area contributed by atoms with Crippen LogP contribution in [0.5, 0.6) is 0 Å². The number of nitrogens with zero attached hydrogens (tertiary/aromatic N) is 1. The van der Waals surface area contributed by atoms with Gasteiger partial charge in [0.1, 0.15) is 10.7 Å². The van der Waals surface area contributed by atoms with E-state index in [-0.39, 0.29) is 0 Å². The Kier molecular flexibility index (Phi) is 3.36. The van der Waals surface area contributed by atoms with Gasteiger partial charge < -0.3 is 0 Å². The number of aldehydes is 1. The van der Waals surface area contributed by atoms with Crippen LogP contribution in [0.4, 0.5) is 0 Å². The van der Waals surface area contributed by atoms with Gasteiger partial charge in [0.25, 0.3) is 0 Å². The molecule has 0 unspecified atom stereocenters. The molecule has 16 heavy (non-hydrogen) atoms. The quantitative estimate of drug-likeness (QED) is 0.776. The Hall–Kier alpha value is -1.19. The van der Waals surface area contributed by atoms with Gasteiger partial charge in [-0.05, 0) is 18.6 Å². The molecule has 2 nitrogen and oxygen atoms in total. The number of hydrogen-bond donors (Lipinski definition) is 0. The number of carbonyl (C=O) groups is 1. The van der Waals surface area contributed by atoms with E-state index in [1.807, 2.05) is 31.2 Å². The van der Waals surface area contributed by atoms with Crippen LogP contribution in [0.25, 0.3) is 10.6 Å². The molecule has 0 fully saturated rings. The molecule has 2 rings (SSSR count). The van der Waals surface area contributed by atoms with Gasteiger partial charge in [-0.15, -0.1) is 11.3 Å². The molecular formula is C12H10ClNOS. The Morgan fingerprint density at radius 2 is 2.06 bits per heavy atom. The second-order valence-corrected chi connectivity index (χ2v) is 4.83. The summed E-state index contributed by atoms with van der Waals surface area (Å²) < 4.78 is 0. The summed E-state index contributed by atoms with van der Waals surface area (Å²) in [6, 6.07) is 7.47. The second-order valence-electron chi connectivity index (χ2n) is 3.31. The third-order valence-corrected chi connectivity index (χ3v) is 3.77. The van der Waals surface area contributed by atoms with E-state index in [1.165, 1.54) is 0 Å². The summed E-state index contributed by atoms with van der Waals surface area (Å²) in [6.45, 7) is 2.02. The number of rotatable bonds is 3. The van der Waals surface area contributed by atoms with Crippen LogP contribution in [0.2, 0.25) is 5.02 Å². The summed E-state index contributed by atoms with van der Waals surface area (Å²) in [4.78, 5) is 16.1. The van der Waals surface area contributed by atoms with Crippen molar-refractivity contribution in [3.05, 3.63) is 39.9 Å². The first-order chi connectivity index (χ1) is 7.74. The lowest BCUT2D eigenvalue weighted by molar-refractivity contribution is 0.111. The minimum absolute atomic E-state index is 0.553. The van der Waals surface area contributed by atoms with E-state index in [0.29, 0.717) is 10.7 Å². The van der Waals surface area contributed by atoms with E-state index in [0.717, 1.165) is 28.2 Å². The smallest absolute Gasteiger partial charge is 0.169 e. The topological polar surface area (TPSA) is 30.0 Å². The highest BCUT2D eigenvalue weighted by Gasteiger charge is 2.10. The van der Waals surface area contributed by atoms with Crippen molar-refractivity contribution >= 4 is 29.2 Å². The van der Waals surface area contributed by atoms with E-state index in [2.05, 4.69) is 4.98 Å². The van der Waals surface area contributed by atoms with Crippen molar-refractivity contribution in [2.75, 3.05) is 0 Å². The number of aromatic nitrogens is 1. The first-order valence-electron chi connectivity index (χ1n) is 4.95. The van der Waals surface area contributed by atoms with Crippen LogP contribution in [-0.2, 0) is 6.42 Å². The molecule has 0 aliphatic carbocycles. The van der Waals surface area contributed by atoms with Crippen LogP contribution in [0.1, 0.15) is 22.3 Å². The number of carbonyl (C=O) groups excluding carboxylic acids is 1. The van der Waals surface area contributed by atoms with Crippen molar-refractivity contribution in [1.29, 1.82) is 0 Å². The maximum absolute atomic E-state index is 10.8. The van der Waals surface area contributed by atoms with Crippen LogP contribution < -0.4 is 0 Å². The van der Waals surface area contributed by atoms with Crippen LogP contribution in [-0.4, -0.2) is 11.3 Å². The molecule has 0 aliphatic heterocycles. The zero-order chi connectivity index (χ0) is 11.5. The average Bonchev–Trinajstić information content (AvgIpc) is 2.73. The molecule has 0 bridgehead atoms. The number of benzene rings is 1. The Labute approximate surface area is 103 Å². The Morgan fingerprint density at radius 1 is 1.38 bits per heavy atom. The van der Waals surface area contributed by atoms with Crippen molar-refractivity contribution < 1.29 is 4.79 Å². The standard InChI is InChI=1S/C12H10ClNOS/c1-2-11-10(7-15)14-12(16-11)8-3-5-9(13)6-4-8/h3-7H,2H2,1H3. The molecule has 0 saturated carbocycles. The van der Waals surface area contributed by atoms with Crippen LogP contribution in [0.15, 0.2) is 24.3 Å². The third-order valence-electron chi connectivity index (χ3n) is 2.25. The minimum atomic E-state index is 0.553. The molecule has 4 heteroatoms. The molecule has 0 radical (unpaired) electrons. The summed E-state index contributed by atoms with van der Waals surface area (Å²) >= 11 is 7.37. The molecule has 1 aromatic carbocycles. The lowest BCUT2D eigenvalue weighted by Gasteiger charge is -1.94. The predicted molar refractivity (Wildman–Crippen MR) is 67.3 cm³/mol. The van der Waals surface area contributed by atoms with E-state index in [1.54, 1.807) is 11.3 Å². The average molecular weight is 252 g/mol. The Bertz CT molecular complexity index is 504. The number of thiazole rings is 1. The van der Waals surface area contributed by atoms with Crippen LogP contribution >= 0.6 is 22.9 Å². The number of hydrogen-bond acceptors (Lipinski definition) is 3. The molecule has 1 aromatic heterocycles. The summed E-state index contributed by atoms with van der Waals surface area (Å²) in [6.07, 6.45) is 1.65. The normalized spacial score (nSPS) is 10.4. The fourth-order valence-corrected chi connectivity index (χ4v) is 2.52. The van der Waals surface area contributed by atoms with Gasteiger partial charge in [0.2, 0.25) is 0 Å². The zero-order valence-electron chi connectivity index (χ0n) is 8.74. The molecule has 0 atom stereocenters. The number of halogens is 1. The summed E-state index contributed by atoms with van der Waals surface area (Å²) in [5.41, 5.74) is 1.55. The first kappa shape index (κ1) is 11.3. The van der Waals surface area contributed by atoms with E-state index in [9.17, 15) is 4.79 Å². The monoisotopic (exact) mass is 251 g/mol. The molecule has 0 saturated heterocycles. The van der Waals surface area contributed by atoms with Gasteiger partial charge in [0, 0.05) is 15.5 Å². The molecule has 0 aliphatic rings. The van der Waals surface area contributed by atoms with Gasteiger partial charge >= 0.3 is 0 Å². The lowest BCUT2D eigenvalue weighted by atomic mass is 10.2. The van der Waals surface area contributed by atoms with Gasteiger partial charge in [-0.25, -0.2) is 4.98 Å². The fraction of sp³-hybridized carbons (Fsp3) is 0.167.